The Morgan fingerprint density at radius 3 is 2.24 bits per heavy atom. The van der Waals surface area contributed by atoms with Crippen LogP contribution in [0.25, 0.3) is 0 Å². The number of Topliss-reactive ketones (excluding diaryl/α,β-unsaturated/α-hetero) is 1. The quantitative estimate of drug-likeness (QED) is 0.718. The minimum Gasteiger partial charge on any atom is -0.294 e. The van der Waals surface area contributed by atoms with E-state index in [4.69, 9.17) is 0 Å². The van der Waals surface area contributed by atoms with Gasteiger partial charge in [0.15, 0.2) is 5.78 Å². The summed E-state index contributed by atoms with van der Waals surface area (Å²) >= 11 is 0. The first kappa shape index (κ1) is 11.0. The lowest BCUT2D eigenvalue weighted by Crippen LogP contribution is -2.04. The summed E-state index contributed by atoms with van der Waals surface area (Å²) in [4.78, 5) is 12.4. The molecule has 17 heavy (non-hydrogen) atoms. The molecule has 2 aliphatic rings. The van der Waals surface area contributed by atoms with Crippen molar-refractivity contribution in [3.05, 3.63) is 35.4 Å². The van der Waals surface area contributed by atoms with E-state index in [2.05, 4.69) is 19.1 Å². The molecule has 0 N–H and O–H groups in total. The fourth-order valence-corrected chi connectivity index (χ4v) is 3.48. The van der Waals surface area contributed by atoms with Crippen molar-refractivity contribution in [2.75, 3.05) is 0 Å². The van der Waals surface area contributed by atoms with E-state index in [0.29, 0.717) is 11.7 Å². The average molecular weight is 228 g/mol. The monoisotopic (exact) mass is 228 g/mol. The fourth-order valence-electron chi connectivity index (χ4n) is 3.48. The van der Waals surface area contributed by atoms with E-state index < -0.39 is 0 Å². The molecule has 2 atom stereocenters. The third kappa shape index (κ3) is 1.92. The van der Waals surface area contributed by atoms with Crippen LogP contribution in [0.15, 0.2) is 24.3 Å². The minimum atomic E-state index is 0.366. The summed E-state index contributed by atoms with van der Waals surface area (Å²) in [5.74, 6) is 2.22. The molecular formula is C16H20O. The van der Waals surface area contributed by atoms with Gasteiger partial charge < -0.3 is 0 Å². The molecule has 0 aliphatic heterocycles. The number of ketones is 1. The van der Waals surface area contributed by atoms with Gasteiger partial charge in [-0.1, -0.05) is 44.0 Å². The Morgan fingerprint density at radius 2 is 1.71 bits per heavy atom. The first-order valence-electron chi connectivity index (χ1n) is 6.94. The van der Waals surface area contributed by atoms with Gasteiger partial charge in [0, 0.05) is 11.5 Å². The van der Waals surface area contributed by atoms with Gasteiger partial charge in [-0.3, -0.25) is 4.79 Å². The van der Waals surface area contributed by atoms with Crippen molar-refractivity contribution in [1.29, 1.82) is 0 Å². The van der Waals surface area contributed by atoms with Gasteiger partial charge in [-0.25, -0.2) is 0 Å². The second-order valence-electron chi connectivity index (χ2n) is 5.55. The van der Waals surface area contributed by atoms with Crippen molar-refractivity contribution in [2.24, 2.45) is 17.8 Å². The summed E-state index contributed by atoms with van der Waals surface area (Å²) in [7, 11) is 0. The Labute approximate surface area is 103 Å². The first-order chi connectivity index (χ1) is 8.31. The predicted molar refractivity (Wildman–Crippen MR) is 69.1 cm³/mol. The number of carbonyl (C=O) groups excluding carboxylic acids is 1. The van der Waals surface area contributed by atoms with Crippen molar-refractivity contribution in [2.45, 2.75) is 39.0 Å². The van der Waals surface area contributed by atoms with Gasteiger partial charge in [0.1, 0.15) is 0 Å². The summed E-state index contributed by atoms with van der Waals surface area (Å²) in [5.41, 5.74) is 2.25. The molecule has 2 aliphatic carbocycles. The highest BCUT2D eigenvalue weighted by atomic mass is 16.1. The van der Waals surface area contributed by atoms with E-state index in [1.807, 2.05) is 12.1 Å². The van der Waals surface area contributed by atoms with E-state index in [-0.39, 0.29) is 0 Å². The zero-order valence-corrected chi connectivity index (χ0v) is 10.5. The van der Waals surface area contributed by atoms with E-state index in [9.17, 15) is 4.79 Å². The molecule has 0 amide bonds. The summed E-state index contributed by atoms with van der Waals surface area (Å²) in [5, 5.41) is 0. The summed E-state index contributed by atoms with van der Waals surface area (Å²) in [6, 6.07) is 8.23. The van der Waals surface area contributed by atoms with Crippen molar-refractivity contribution < 1.29 is 4.79 Å². The zero-order chi connectivity index (χ0) is 11.8. The molecule has 1 heteroatoms. The van der Waals surface area contributed by atoms with Gasteiger partial charge in [-0.05, 0) is 36.7 Å². The first-order valence-corrected chi connectivity index (χ1v) is 6.94. The number of aryl methyl sites for hydroxylation is 1. The Kier molecular flexibility index (Phi) is 2.78. The lowest BCUT2D eigenvalue weighted by Gasteiger charge is -2.04. The molecule has 2 unspecified atom stereocenters. The van der Waals surface area contributed by atoms with Gasteiger partial charge in [-0.15, -0.1) is 0 Å². The largest absolute Gasteiger partial charge is 0.294 e. The number of fused-ring (bicyclic) bond motifs is 1. The lowest BCUT2D eigenvalue weighted by atomic mass is 10.0. The molecule has 1 nitrogen and oxygen atoms in total. The molecule has 0 bridgehead atoms. The zero-order valence-electron chi connectivity index (χ0n) is 10.5. The predicted octanol–water partition coefficient (Wildman–Crippen LogP) is 3.87. The Bertz CT molecular complexity index is 406. The van der Waals surface area contributed by atoms with Crippen molar-refractivity contribution in [3.8, 4) is 0 Å². The summed E-state index contributed by atoms with van der Waals surface area (Å²) in [6.45, 7) is 2.15. The molecule has 2 fully saturated rings. The molecule has 90 valence electrons. The summed E-state index contributed by atoms with van der Waals surface area (Å²) < 4.78 is 0. The molecule has 2 saturated carbocycles. The third-order valence-electron chi connectivity index (χ3n) is 4.61. The smallest absolute Gasteiger partial charge is 0.166 e. The second kappa shape index (κ2) is 4.29. The molecular weight excluding hydrogens is 208 g/mol. The third-order valence-corrected chi connectivity index (χ3v) is 4.61. The highest BCUT2D eigenvalue weighted by molar-refractivity contribution is 6.00. The van der Waals surface area contributed by atoms with Gasteiger partial charge in [0.05, 0.1) is 0 Å². The van der Waals surface area contributed by atoms with Crippen LogP contribution in [0.1, 0.15) is 48.5 Å². The Hall–Kier alpha value is -1.11. The SMILES string of the molecule is CCc1ccc(C(=O)C2C3CCCCC32)cc1. The molecule has 0 heterocycles. The minimum absolute atomic E-state index is 0.366. The van der Waals surface area contributed by atoms with Crippen LogP contribution in [0.2, 0.25) is 0 Å². The van der Waals surface area contributed by atoms with Crippen LogP contribution in [0.4, 0.5) is 0 Å². The van der Waals surface area contributed by atoms with Crippen LogP contribution in [0.3, 0.4) is 0 Å². The maximum atomic E-state index is 12.4. The molecule has 1 aromatic carbocycles. The van der Waals surface area contributed by atoms with Crippen molar-refractivity contribution in [1.82, 2.24) is 0 Å². The number of benzene rings is 1. The van der Waals surface area contributed by atoms with E-state index in [1.165, 1.54) is 31.2 Å². The Morgan fingerprint density at radius 1 is 1.12 bits per heavy atom. The highest BCUT2D eigenvalue weighted by Gasteiger charge is 2.54. The molecule has 0 spiro atoms. The summed E-state index contributed by atoms with van der Waals surface area (Å²) in [6.07, 6.45) is 6.28. The van der Waals surface area contributed by atoms with E-state index >= 15 is 0 Å². The lowest BCUT2D eigenvalue weighted by molar-refractivity contribution is 0.0956. The molecule has 0 radical (unpaired) electrons. The second-order valence-corrected chi connectivity index (χ2v) is 5.55. The molecule has 3 rings (SSSR count). The van der Waals surface area contributed by atoms with Crippen molar-refractivity contribution >= 4 is 5.78 Å². The molecule has 0 saturated heterocycles. The van der Waals surface area contributed by atoms with Crippen LogP contribution in [-0.2, 0) is 6.42 Å². The highest BCUT2D eigenvalue weighted by Crippen LogP contribution is 2.56. The van der Waals surface area contributed by atoms with E-state index in [1.54, 1.807) is 0 Å². The van der Waals surface area contributed by atoms with Gasteiger partial charge in [0.25, 0.3) is 0 Å². The van der Waals surface area contributed by atoms with Crippen LogP contribution in [0.5, 0.6) is 0 Å². The number of hydrogen-bond acceptors (Lipinski definition) is 1. The topological polar surface area (TPSA) is 17.1 Å². The maximum absolute atomic E-state index is 12.4. The van der Waals surface area contributed by atoms with Crippen LogP contribution in [0, 0.1) is 17.8 Å². The number of carbonyl (C=O) groups is 1. The number of hydrogen-bond donors (Lipinski definition) is 0. The molecule has 0 aromatic heterocycles. The van der Waals surface area contributed by atoms with Gasteiger partial charge in [-0.2, -0.15) is 0 Å². The average Bonchev–Trinajstić information content (AvgIpc) is 3.12. The van der Waals surface area contributed by atoms with Crippen LogP contribution in [-0.4, -0.2) is 5.78 Å². The van der Waals surface area contributed by atoms with Gasteiger partial charge in [0.2, 0.25) is 0 Å². The van der Waals surface area contributed by atoms with Crippen molar-refractivity contribution in [3.63, 3.8) is 0 Å². The van der Waals surface area contributed by atoms with Gasteiger partial charge >= 0.3 is 0 Å². The standard InChI is InChI=1S/C16H20O/c1-2-11-7-9-12(10-8-11)16(17)15-13-5-3-4-6-14(13)15/h7-10,13-15H,2-6H2,1H3. The Balaban J connectivity index is 1.73. The maximum Gasteiger partial charge on any atom is 0.166 e. The van der Waals surface area contributed by atoms with Crippen LogP contribution >= 0.6 is 0 Å². The van der Waals surface area contributed by atoms with E-state index in [0.717, 1.165) is 23.8 Å². The number of rotatable bonds is 3. The molecule has 1 aromatic rings. The normalized spacial score (nSPS) is 30.8. The fraction of sp³-hybridized carbons (Fsp3) is 0.562. The van der Waals surface area contributed by atoms with Crippen LogP contribution < -0.4 is 0 Å².